The minimum absolute atomic E-state index is 0.0944. The van der Waals surface area contributed by atoms with Crippen molar-refractivity contribution in [3.05, 3.63) is 34.9 Å². The normalized spacial score (nSPS) is 13.7. The highest BCUT2D eigenvalue weighted by atomic mass is 35.5. The van der Waals surface area contributed by atoms with E-state index < -0.39 is 0 Å². The van der Waals surface area contributed by atoms with Crippen LogP contribution in [-0.4, -0.2) is 18.6 Å². The molecule has 1 atom stereocenters. The van der Waals surface area contributed by atoms with Crippen LogP contribution in [0.4, 0.5) is 0 Å². The van der Waals surface area contributed by atoms with E-state index in [1.54, 1.807) is 7.11 Å². The van der Waals surface area contributed by atoms with Crippen molar-refractivity contribution in [2.45, 2.75) is 38.2 Å². The van der Waals surface area contributed by atoms with Crippen LogP contribution in [0.5, 0.6) is 0 Å². The lowest BCUT2D eigenvalue weighted by molar-refractivity contribution is 0.0128. The van der Waals surface area contributed by atoms with Gasteiger partial charge >= 0.3 is 0 Å². The summed E-state index contributed by atoms with van der Waals surface area (Å²) >= 11 is 12.0. The van der Waals surface area contributed by atoms with Gasteiger partial charge < -0.3 is 4.74 Å². The second kappa shape index (κ2) is 6.63. The van der Waals surface area contributed by atoms with Gasteiger partial charge in [-0.05, 0) is 50.3 Å². The van der Waals surface area contributed by atoms with E-state index in [-0.39, 0.29) is 5.60 Å². The quantitative estimate of drug-likeness (QED) is 0.673. The Morgan fingerprint density at radius 3 is 2.59 bits per heavy atom. The number of rotatable bonds is 6. The third kappa shape index (κ3) is 4.87. The van der Waals surface area contributed by atoms with E-state index in [1.165, 1.54) is 5.56 Å². The number of methoxy groups -OCH3 is 1. The van der Waals surface area contributed by atoms with Crippen molar-refractivity contribution in [3.63, 3.8) is 0 Å². The van der Waals surface area contributed by atoms with E-state index in [4.69, 9.17) is 27.9 Å². The Labute approximate surface area is 114 Å². The number of hydrogen-bond donors (Lipinski definition) is 0. The molecule has 3 heteroatoms. The molecule has 17 heavy (non-hydrogen) atoms. The Balaban J connectivity index is 2.66. The molecule has 0 radical (unpaired) electrons. The van der Waals surface area contributed by atoms with Crippen molar-refractivity contribution in [1.29, 1.82) is 0 Å². The van der Waals surface area contributed by atoms with Crippen LogP contribution >= 0.6 is 23.2 Å². The predicted octanol–water partition coefficient (Wildman–Crippen LogP) is 4.87. The first kappa shape index (κ1) is 14.8. The zero-order valence-electron chi connectivity index (χ0n) is 10.7. The first-order chi connectivity index (χ1) is 7.98. The molecular weight excluding hydrogens is 255 g/mol. The van der Waals surface area contributed by atoms with Crippen molar-refractivity contribution in [2.75, 3.05) is 13.0 Å². The SMILES string of the molecule is COC(C)(C)CCC(CCl)c1cccc(Cl)c1. The molecule has 96 valence electrons. The monoisotopic (exact) mass is 274 g/mol. The molecule has 0 amide bonds. The molecular formula is C14H20Cl2O. The largest absolute Gasteiger partial charge is 0.379 e. The molecule has 0 bridgehead atoms. The summed E-state index contributed by atoms with van der Waals surface area (Å²) in [5.41, 5.74) is 1.11. The lowest BCUT2D eigenvalue weighted by atomic mass is 9.91. The van der Waals surface area contributed by atoms with Crippen molar-refractivity contribution < 1.29 is 4.74 Å². The minimum atomic E-state index is -0.0944. The maximum atomic E-state index is 6.04. The molecule has 0 fully saturated rings. The number of hydrogen-bond acceptors (Lipinski definition) is 1. The second-order valence-electron chi connectivity index (χ2n) is 4.91. The van der Waals surface area contributed by atoms with Gasteiger partial charge in [-0.15, -0.1) is 11.6 Å². The third-order valence-corrected chi connectivity index (χ3v) is 3.76. The fraction of sp³-hybridized carbons (Fsp3) is 0.571. The maximum Gasteiger partial charge on any atom is 0.0623 e. The summed E-state index contributed by atoms with van der Waals surface area (Å²) in [4.78, 5) is 0. The molecule has 0 saturated heterocycles. The van der Waals surface area contributed by atoms with Crippen LogP contribution in [0.15, 0.2) is 24.3 Å². The second-order valence-corrected chi connectivity index (χ2v) is 5.65. The number of ether oxygens (including phenoxy) is 1. The van der Waals surface area contributed by atoms with Crippen LogP contribution in [0.1, 0.15) is 38.2 Å². The average Bonchev–Trinajstić information content (AvgIpc) is 2.30. The highest BCUT2D eigenvalue weighted by molar-refractivity contribution is 6.30. The van der Waals surface area contributed by atoms with E-state index in [0.717, 1.165) is 17.9 Å². The summed E-state index contributed by atoms with van der Waals surface area (Å²) in [6, 6.07) is 7.93. The van der Waals surface area contributed by atoms with Crippen molar-refractivity contribution in [3.8, 4) is 0 Å². The van der Waals surface area contributed by atoms with Gasteiger partial charge in [-0.25, -0.2) is 0 Å². The predicted molar refractivity (Wildman–Crippen MR) is 75.2 cm³/mol. The molecule has 0 N–H and O–H groups in total. The lowest BCUT2D eigenvalue weighted by Crippen LogP contribution is -2.23. The van der Waals surface area contributed by atoms with Gasteiger partial charge in [0.2, 0.25) is 0 Å². The smallest absolute Gasteiger partial charge is 0.0623 e. The number of alkyl halides is 1. The van der Waals surface area contributed by atoms with Crippen molar-refractivity contribution >= 4 is 23.2 Å². The molecule has 0 aliphatic heterocycles. The van der Waals surface area contributed by atoms with Gasteiger partial charge in [-0.1, -0.05) is 23.7 Å². The summed E-state index contributed by atoms with van der Waals surface area (Å²) < 4.78 is 5.42. The molecule has 0 spiro atoms. The van der Waals surface area contributed by atoms with Crippen LogP contribution in [-0.2, 0) is 4.74 Å². The fourth-order valence-corrected chi connectivity index (χ4v) is 2.25. The summed E-state index contributed by atoms with van der Waals surface area (Å²) in [6.45, 7) is 4.19. The van der Waals surface area contributed by atoms with Crippen LogP contribution < -0.4 is 0 Å². The van der Waals surface area contributed by atoms with Gasteiger partial charge in [0.25, 0.3) is 0 Å². The van der Waals surface area contributed by atoms with Crippen molar-refractivity contribution in [2.24, 2.45) is 0 Å². The molecule has 1 rings (SSSR count). The molecule has 1 aromatic rings. The van der Waals surface area contributed by atoms with Gasteiger partial charge in [0, 0.05) is 18.0 Å². The van der Waals surface area contributed by atoms with E-state index in [9.17, 15) is 0 Å². The van der Waals surface area contributed by atoms with Crippen LogP contribution in [0.2, 0.25) is 5.02 Å². The molecule has 0 saturated carbocycles. The van der Waals surface area contributed by atoms with Crippen LogP contribution in [0, 0.1) is 0 Å². The molecule has 0 aliphatic carbocycles. The first-order valence-corrected chi connectivity index (χ1v) is 6.76. The van der Waals surface area contributed by atoms with Crippen LogP contribution in [0.3, 0.4) is 0 Å². The van der Waals surface area contributed by atoms with Gasteiger partial charge in [0.05, 0.1) is 5.60 Å². The molecule has 1 nitrogen and oxygen atoms in total. The highest BCUT2D eigenvalue weighted by Gasteiger charge is 2.19. The Morgan fingerprint density at radius 2 is 2.06 bits per heavy atom. The Bertz CT molecular complexity index is 350. The van der Waals surface area contributed by atoms with Gasteiger partial charge in [0.1, 0.15) is 0 Å². The maximum absolute atomic E-state index is 6.04. The third-order valence-electron chi connectivity index (χ3n) is 3.15. The summed E-state index contributed by atoms with van der Waals surface area (Å²) in [6.07, 6.45) is 1.98. The van der Waals surface area contributed by atoms with Gasteiger partial charge in [-0.2, -0.15) is 0 Å². The van der Waals surface area contributed by atoms with E-state index in [2.05, 4.69) is 19.9 Å². The Morgan fingerprint density at radius 1 is 1.35 bits per heavy atom. The number of benzene rings is 1. The average molecular weight is 275 g/mol. The van der Waals surface area contributed by atoms with Crippen molar-refractivity contribution in [1.82, 2.24) is 0 Å². The standard InChI is InChI=1S/C14H20Cl2O/c1-14(2,17-3)8-7-12(10-15)11-5-4-6-13(16)9-11/h4-6,9,12H,7-8,10H2,1-3H3. The Kier molecular flexibility index (Phi) is 5.78. The molecule has 1 unspecified atom stereocenters. The van der Waals surface area contributed by atoms with E-state index in [1.807, 2.05) is 18.2 Å². The van der Waals surface area contributed by atoms with E-state index in [0.29, 0.717) is 11.8 Å². The zero-order valence-corrected chi connectivity index (χ0v) is 12.2. The summed E-state index contributed by atoms with van der Waals surface area (Å²) in [7, 11) is 1.75. The van der Waals surface area contributed by atoms with Gasteiger partial charge in [-0.3, -0.25) is 0 Å². The molecule has 1 aromatic carbocycles. The highest BCUT2D eigenvalue weighted by Crippen LogP contribution is 2.28. The van der Waals surface area contributed by atoms with Crippen LogP contribution in [0.25, 0.3) is 0 Å². The zero-order chi connectivity index (χ0) is 12.9. The van der Waals surface area contributed by atoms with E-state index >= 15 is 0 Å². The topological polar surface area (TPSA) is 9.23 Å². The molecule has 0 heterocycles. The summed E-state index contributed by atoms with van der Waals surface area (Å²) in [5, 5.41) is 0.767. The first-order valence-electron chi connectivity index (χ1n) is 5.85. The summed E-state index contributed by atoms with van der Waals surface area (Å²) in [5.74, 6) is 0.949. The fourth-order valence-electron chi connectivity index (χ4n) is 1.72. The lowest BCUT2D eigenvalue weighted by Gasteiger charge is -2.25. The molecule has 0 aromatic heterocycles. The van der Waals surface area contributed by atoms with Gasteiger partial charge in [0.15, 0.2) is 0 Å². The Hall–Kier alpha value is -0.240. The minimum Gasteiger partial charge on any atom is -0.379 e. The molecule has 0 aliphatic rings. The number of halogens is 2.